The van der Waals surface area contributed by atoms with Gasteiger partial charge >= 0.3 is 6.18 Å². The minimum Gasteiger partial charge on any atom is -0.381 e. The van der Waals surface area contributed by atoms with Crippen molar-refractivity contribution in [3.8, 4) is 0 Å². The Kier molecular flexibility index (Phi) is 4.56. The van der Waals surface area contributed by atoms with Crippen molar-refractivity contribution in [3.05, 3.63) is 12.0 Å². The zero-order chi connectivity index (χ0) is 16.6. The van der Waals surface area contributed by atoms with Crippen LogP contribution < -0.4 is 4.72 Å². The van der Waals surface area contributed by atoms with Crippen LogP contribution in [0.2, 0.25) is 0 Å². The Hall–Kier alpha value is -1.13. The normalized spacial score (nSPS) is 19.3. The van der Waals surface area contributed by atoms with Gasteiger partial charge in [-0.15, -0.1) is 0 Å². The molecule has 0 amide bonds. The van der Waals surface area contributed by atoms with E-state index in [4.69, 9.17) is 4.74 Å². The number of hydrogen-bond donors (Lipinski definition) is 1. The average Bonchev–Trinajstić information content (AvgIpc) is 2.80. The van der Waals surface area contributed by atoms with Gasteiger partial charge in [0, 0.05) is 26.0 Å². The number of rotatable bonds is 4. The Labute approximate surface area is 126 Å². The van der Waals surface area contributed by atoms with Crippen molar-refractivity contribution < 1.29 is 26.3 Å². The number of nitrogens with one attached hydrogen (secondary N) is 1. The van der Waals surface area contributed by atoms with E-state index in [-0.39, 0.29) is 13.2 Å². The molecule has 1 aliphatic heterocycles. The Morgan fingerprint density at radius 1 is 1.41 bits per heavy atom. The highest BCUT2D eigenvalue weighted by Gasteiger charge is 2.57. The Bertz CT molecular complexity index is 634. The maximum atomic E-state index is 13.4. The van der Waals surface area contributed by atoms with Crippen molar-refractivity contribution in [1.82, 2.24) is 14.3 Å². The van der Waals surface area contributed by atoms with Crippen molar-refractivity contribution in [1.29, 1.82) is 0 Å². The number of aryl methyl sites for hydroxylation is 2. The molecule has 1 fully saturated rings. The van der Waals surface area contributed by atoms with Crippen molar-refractivity contribution in [2.45, 2.75) is 50.0 Å². The van der Waals surface area contributed by atoms with E-state index < -0.39 is 39.6 Å². The van der Waals surface area contributed by atoms with Crippen LogP contribution in [0.15, 0.2) is 11.2 Å². The van der Waals surface area contributed by atoms with E-state index in [0.717, 1.165) is 0 Å². The molecule has 1 aliphatic rings. The molecule has 10 heteroatoms. The highest BCUT2D eigenvalue weighted by atomic mass is 32.2. The third kappa shape index (κ3) is 3.13. The molecule has 1 saturated heterocycles. The van der Waals surface area contributed by atoms with Crippen molar-refractivity contribution in [2.24, 2.45) is 0 Å². The Balaban J connectivity index is 2.36. The summed E-state index contributed by atoms with van der Waals surface area (Å²) in [6.45, 7) is 3.56. The second kappa shape index (κ2) is 5.82. The van der Waals surface area contributed by atoms with Crippen molar-refractivity contribution in [3.63, 3.8) is 0 Å². The van der Waals surface area contributed by atoms with Gasteiger partial charge < -0.3 is 9.30 Å². The van der Waals surface area contributed by atoms with Gasteiger partial charge in [-0.1, -0.05) is 0 Å². The number of aromatic nitrogens is 2. The lowest BCUT2D eigenvalue weighted by molar-refractivity contribution is -0.210. The smallest absolute Gasteiger partial charge is 0.381 e. The predicted molar refractivity (Wildman–Crippen MR) is 71.8 cm³/mol. The highest BCUT2D eigenvalue weighted by molar-refractivity contribution is 7.89. The molecule has 0 spiro atoms. The summed E-state index contributed by atoms with van der Waals surface area (Å²) in [5, 5.41) is -0.401. The molecule has 0 aromatic carbocycles. The summed E-state index contributed by atoms with van der Waals surface area (Å²) < 4.78 is 73.1. The number of hydrogen-bond acceptors (Lipinski definition) is 4. The quantitative estimate of drug-likeness (QED) is 0.903. The van der Waals surface area contributed by atoms with Gasteiger partial charge in [-0.05, 0) is 26.7 Å². The van der Waals surface area contributed by atoms with Crippen LogP contribution in [0, 0.1) is 6.92 Å². The van der Waals surface area contributed by atoms with Crippen LogP contribution >= 0.6 is 0 Å². The number of nitrogens with zero attached hydrogens (tertiary/aromatic N) is 2. The minimum atomic E-state index is -4.70. The lowest BCUT2D eigenvalue weighted by atomic mass is 9.91. The number of sulfonamides is 1. The Morgan fingerprint density at radius 2 is 2.00 bits per heavy atom. The molecule has 1 aromatic heterocycles. The molecule has 0 unspecified atom stereocenters. The third-order valence-corrected chi connectivity index (χ3v) is 5.20. The fraction of sp³-hybridized carbons (Fsp3) is 0.750. The van der Waals surface area contributed by atoms with Crippen LogP contribution in [-0.4, -0.2) is 42.9 Å². The SMILES string of the molecule is CCn1cc(S(=O)(=O)NC2(C(F)(F)F)CCOCC2)nc1C. The molecular formula is C12H18F3N3O3S. The molecule has 0 atom stereocenters. The van der Waals surface area contributed by atoms with Crippen LogP contribution in [-0.2, 0) is 21.3 Å². The summed E-state index contributed by atoms with van der Waals surface area (Å²) in [4.78, 5) is 3.85. The van der Waals surface area contributed by atoms with Crippen molar-refractivity contribution in [2.75, 3.05) is 13.2 Å². The maximum Gasteiger partial charge on any atom is 0.407 e. The van der Waals surface area contributed by atoms with Crippen LogP contribution in [0.3, 0.4) is 0 Å². The molecule has 1 aromatic rings. The number of imidazole rings is 1. The second-order valence-corrected chi connectivity index (χ2v) is 6.84. The van der Waals surface area contributed by atoms with Crippen LogP contribution in [0.5, 0.6) is 0 Å². The lowest BCUT2D eigenvalue weighted by Gasteiger charge is -2.38. The van der Waals surface area contributed by atoms with E-state index in [2.05, 4.69) is 4.98 Å². The number of halogens is 3. The third-order valence-electron chi connectivity index (χ3n) is 3.79. The number of alkyl halides is 3. The summed E-state index contributed by atoms with van der Waals surface area (Å²) in [5.74, 6) is 0.427. The predicted octanol–water partition coefficient (Wildman–Crippen LogP) is 1.60. The molecule has 0 radical (unpaired) electrons. The van der Waals surface area contributed by atoms with Gasteiger partial charge in [0.05, 0.1) is 0 Å². The fourth-order valence-corrected chi connectivity index (χ4v) is 3.86. The van der Waals surface area contributed by atoms with E-state index in [9.17, 15) is 21.6 Å². The molecule has 126 valence electrons. The molecule has 1 N–H and O–H groups in total. The summed E-state index contributed by atoms with van der Waals surface area (Å²) in [5.41, 5.74) is -2.51. The first-order valence-electron chi connectivity index (χ1n) is 6.83. The van der Waals surface area contributed by atoms with E-state index in [1.807, 2.05) is 4.72 Å². The van der Waals surface area contributed by atoms with Gasteiger partial charge in [0.1, 0.15) is 11.4 Å². The largest absolute Gasteiger partial charge is 0.407 e. The molecule has 0 aliphatic carbocycles. The summed E-state index contributed by atoms with van der Waals surface area (Å²) in [7, 11) is -4.37. The zero-order valence-corrected chi connectivity index (χ0v) is 13.1. The molecule has 2 heterocycles. The molecular weight excluding hydrogens is 323 g/mol. The Morgan fingerprint density at radius 3 is 2.45 bits per heavy atom. The summed E-state index contributed by atoms with van der Waals surface area (Å²) in [6.07, 6.45) is -4.38. The van der Waals surface area contributed by atoms with E-state index in [1.54, 1.807) is 18.4 Å². The lowest BCUT2D eigenvalue weighted by Crippen LogP contribution is -2.61. The minimum absolute atomic E-state index is 0.148. The second-order valence-electron chi connectivity index (χ2n) is 5.21. The number of ether oxygens (including phenoxy) is 1. The molecule has 22 heavy (non-hydrogen) atoms. The average molecular weight is 341 g/mol. The van der Waals surface area contributed by atoms with Gasteiger partial charge in [-0.3, -0.25) is 0 Å². The van der Waals surface area contributed by atoms with Gasteiger partial charge in [0.2, 0.25) is 0 Å². The molecule has 6 nitrogen and oxygen atoms in total. The van der Waals surface area contributed by atoms with E-state index in [0.29, 0.717) is 12.4 Å². The van der Waals surface area contributed by atoms with Gasteiger partial charge in [0.15, 0.2) is 5.03 Å². The summed E-state index contributed by atoms with van der Waals surface area (Å²) in [6, 6.07) is 0. The van der Waals surface area contributed by atoms with E-state index in [1.165, 1.54) is 6.20 Å². The first kappa shape index (κ1) is 17.2. The maximum absolute atomic E-state index is 13.4. The molecule has 2 rings (SSSR count). The van der Waals surface area contributed by atoms with Crippen LogP contribution in [0.25, 0.3) is 0 Å². The standard InChI is InChI=1S/C12H18F3N3O3S/c1-3-18-8-10(16-9(18)2)22(19,20)17-11(12(13,14)15)4-6-21-7-5-11/h8,17H,3-7H2,1-2H3. The topological polar surface area (TPSA) is 73.2 Å². The first-order chi connectivity index (χ1) is 10.1. The van der Waals surface area contributed by atoms with Gasteiger partial charge in [0.25, 0.3) is 10.0 Å². The molecule has 0 saturated carbocycles. The van der Waals surface area contributed by atoms with E-state index >= 15 is 0 Å². The van der Waals surface area contributed by atoms with Gasteiger partial charge in [-0.2, -0.15) is 17.9 Å². The van der Waals surface area contributed by atoms with Gasteiger partial charge in [-0.25, -0.2) is 13.4 Å². The zero-order valence-electron chi connectivity index (χ0n) is 12.3. The van der Waals surface area contributed by atoms with Crippen LogP contribution in [0.4, 0.5) is 13.2 Å². The molecule has 0 bridgehead atoms. The first-order valence-corrected chi connectivity index (χ1v) is 8.32. The monoisotopic (exact) mass is 341 g/mol. The summed E-state index contributed by atoms with van der Waals surface area (Å²) >= 11 is 0. The highest BCUT2D eigenvalue weighted by Crippen LogP contribution is 2.39. The van der Waals surface area contributed by atoms with Crippen molar-refractivity contribution >= 4 is 10.0 Å². The van der Waals surface area contributed by atoms with Crippen LogP contribution in [0.1, 0.15) is 25.6 Å². The fourth-order valence-electron chi connectivity index (χ4n) is 2.40.